The van der Waals surface area contributed by atoms with Gasteiger partial charge in [0.25, 0.3) is 0 Å². The van der Waals surface area contributed by atoms with Gasteiger partial charge in [0.05, 0.1) is 69.4 Å². The van der Waals surface area contributed by atoms with Crippen LogP contribution in [0.25, 0.3) is 0 Å². The Balaban J connectivity index is 0. The summed E-state index contributed by atoms with van der Waals surface area (Å²) >= 11 is 0. The van der Waals surface area contributed by atoms with Gasteiger partial charge in [-0.3, -0.25) is 0 Å². The van der Waals surface area contributed by atoms with Crippen molar-refractivity contribution < 1.29 is 59.6 Å². The minimum atomic E-state index is -1.11. The number of aliphatic carboxylic acids is 1. The molecule has 0 atom stereocenters. The zero-order valence-corrected chi connectivity index (χ0v) is 17.4. The topological polar surface area (TPSA) is 211 Å². The lowest BCUT2D eigenvalue weighted by molar-refractivity contribution is -0.131. The summed E-state index contributed by atoms with van der Waals surface area (Å²) in [6, 6.07) is 6.53. The van der Waals surface area contributed by atoms with Crippen molar-refractivity contribution >= 4 is 17.9 Å². The quantitative estimate of drug-likeness (QED) is 0.0936. The van der Waals surface area contributed by atoms with Crippen molar-refractivity contribution in [1.29, 1.82) is 0 Å². The van der Waals surface area contributed by atoms with E-state index in [1.807, 2.05) is 0 Å². The van der Waals surface area contributed by atoms with Crippen LogP contribution in [0.2, 0.25) is 0 Å². The Kier molecular flexibility index (Phi) is 18.7. The van der Waals surface area contributed by atoms with Gasteiger partial charge in [0.2, 0.25) is 0 Å². The number of esters is 2. The number of fused-ring (bicyclic) bond motifs is 1. The van der Waals surface area contributed by atoms with Crippen LogP contribution in [0.1, 0.15) is 20.7 Å². The number of aliphatic hydroxyl groups excluding tert-OH is 6. The van der Waals surface area contributed by atoms with E-state index in [1.54, 1.807) is 24.3 Å². The number of cyclic esters (lactones) is 2. The number of hydrogen-bond acceptors (Lipinski definition) is 11. The lowest BCUT2D eigenvalue weighted by Crippen LogP contribution is -2.37. The van der Waals surface area contributed by atoms with Crippen molar-refractivity contribution in [3.63, 3.8) is 0 Å². The predicted molar refractivity (Wildman–Crippen MR) is 110 cm³/mol. The molecule has 12 heteroatoms. The van der Waals surface area contributed by atoms with Crippen LogP contribution in [0.5, 0.6) is 0 Å². The molecule has 7 N–H and O–H groups in total. The van der Waals surface area contributed by atoms with Gasteiger partial charge in [0, 0.05) is 6.08 Å². The fourth-order valence-electron chi connectivity index (χ4n) is 1.56. The van der Waals surface area contributed by atoms with Gasteiger partial charge in [-0.25, -0.2) is 14.4 Å². The predicted octanol–water partition coefficient (Wildman–Crippen LogP) is -1.82. The highest BCUT2D eigenvalue weighted by atomic mass is 16.6. The molecule has 0 saturated carbocycles. The summed E-state index contributed by atoms with van der Waals surface area (Å²) in [5.41, 5.74) is -0.394. The van der Waals surface area contributed by atoms with Crippen LogP contribution >= 0.6 is 0 Å². The van der Waals surface area contributed by atoms with Gasteiger partial charge in [0.15, 0.2) is 0 Å². The first kappa shape index (κ1) is 31.5. The molecule has 12 nitrogen and oxygen atoms in total. The van der Waals surface area contributed by atoms with Crippen LogP contribution in [0, 0.1) is 5.41 Å². The van der Waals surface area contributed by atoms with Crippen molar-refractivity contribution in [2.45, 2.75) is 0 Å². The first-order valence-corrected chi connectivity index (χ1v) is 9.16. The molecule has 1 aromatic carbocycles. The average molecular weight is 462 g/mol. The molecule has 0 unspecified atom stereocenters. The second-order valence-electron chi connectivity index (χ2n) is 5.96. The number of rotatable bonds is 9. The van der Waals surface area contributed by atoms with Crippen molar-refractivity contribution in [1.82, 2.24) is 0 Å². The zero-order valence-electron chi connectivity index (χ0n) is 17.4. The lowest BCUT2D eigenvalue weighted by atomic mass is 9.93. The Bertz CT molecular complexity index is 630. The van der Waals surface area contributed by atoms with E-state index in [2.05, 4.69) is 16.1 Å². The highest BCUT2D eigenvalue weighted by Gasteiger charge is 2.28. The molecule has 0 amide bonds. The third-order valence-electron chi connectivity index (χ3n) is 3.54. The fraction of sp³-hybridized carbons (Fsp3) is 0.450. The minimum Gasteiger partial charge on any atom is -0.478 e. The van der Waals surface area contributed by atoms with Crippen LogP contribution in [0.3, 0.4) is 0 Å². The summed E-state index contributed by atoms with van der Waals surface area (Å²) in [6.45, 7) is 2.03. The van der Waals surface area contributed by atoms with Crippen molar-refractivity contribution in [2.75, 3.05) is 52.9 Å². The Hall–Kier alpha value is -2.71. The smallest absolute Gasteiger partial charge is 0.346 e. The molecular formula is C20H30O12. The molecule has 32 heavy (non-hydrogen) atoms. The molecule has 2 rings (SSSR count). The fourth-order valence-corrected chi connectivity index (χ4v) is 1.56. The first-order valence-electron chi connectivity index (χ1n) is 9.16. The second-order valence-corrected chi connectivity index (χ2v) is 5.96. The Morgan fingerprint density at radius 3 is 1.44 bits per heavy atom. The van der Waals surface area contributed by atoms with Crippen LogP contribution in [-0.2, 0) is 14.3 Å². The molecule has 0 aliphatic carbocycles. The van der Waals surface area contributed by atoms with Gasteiger partial charge in [0.1, 0.15) is 0 Å². The highest BCUT2D eigenvalue weighted by Crippen LogP contribution is 2.18. The monoisotopic (exact) mass is 462 g/mol. The molecule has 182 valence electrons. The Labute approximate surface area is 184 Å². The number of carboxylic acid groups (broad SMARTS) is 1. The Morgan fingerprint density at radius 1 is 0.875 bits per heavy atom. The molecule has 1 heterocycles. The van der Waals surface area contributed by atoms with E-state index in [1.165, 1.54) is 0 Å². The number of carbonyl (C=O) groups is 3. The molecule has 0 aromatic heterocycles. The SMILES string of the molecule is C=CC(=O)O.O=C1OC(=O)c2ccccc21.OCC(CO)(CO)CO.OCCOCCO. The molecule has 1 aliphatic heterocycles. The lowest BCUT2D eigenvalue weighted by Gasteiger charge is -2.23. The summed E-state index contributed by atoms with van der Waals surface area (Å²) in [4.78, 5) is 30.9. The van der Waals surface area contributed by atoms with Crippen LogP contribution in [-0.4, -0.2) is 107 Å². The summed E-state index contributed by atoms with van der Waals surface area (Å²) in [6.07, 6.45) is 0.833. The molecule has 0 saturated heterocycles. The maximum Gasteiger partial charge on any atom is 0.346 e. The minimum absolute atomic E-state index is 0.0278. The van der Waals surface area contributed by atoms with Gasteiger partial charge >= 0.3 is 17.9 Å². The second kappa shape index (κ2) is 19.0. The standard InChI is InChI=1S/C8H4O3.C5H12O4.C4H10O3.C3H4O2/c9-7-5-3-1-2-4-6(5)8(10)11-7;6-1-5(2-7,3-8)4-9;5-1-3-7-4-2-6;1-2-3(4)5/h1-4H;6-9H,1-4H2;5-6H,1-4H2;2H,1H2,(H,4,5). The molecule has 0 radical (unpaired) electrons. The van der Waals surface area contributed by atoms with E-state index in [9.17, 15) is 14.4 Å². The van der Waals surface area contributed by atoms with Gasteiger partial charge in [-0.05, 0) is 12.1 Å². The van der Waals surface area contributed by atoms with Crippen LogP contribution in [0.15, 0.2) is 36.9 Å². The van der Waals surface area contributed by atoms with Crippen LogP contribution < -0.4 is 0 Å². The summed E-state index contributed by atoms with van der Waals surface area (Å²) in [5, 5.41) is 57.8. The molecule has 1 aliphatic rings. The third-order valence-corrected chi connectivity index (χ3v) is 3.54. The maximum absolute atomic E-state index is 10.8. The first-order chi connectivity index (χ1) is 15.2. The number of ether oxygens (including phenoxy) is 2. The zero-order chi connectivity index (χ0) is 25.0. The number of benzene rings is 1. The van der Waals surface area contributed by atoms with E-state index in [-0.39, 0.29) is 13.2 Å². The van der Waals surface area contributed by atoms with Gasteiger partial charge in [-0.1, -0.05) is 18.7 Å². The number of carboxylic acids is 1. The van der Waals surface area contributed by atoms with E-state index in [0.29, 0.717) is 24.3 Å². The van der Waals surface area contributed by atoms with E-state index < -0.39 is 49.8 Å². The maximum atomic E-state index is 10.8. The Morgan fingerprint density at radius 2 is 1.22 bits per heavy atom. The van der Waals surface area contributed by atoms with E-state index >= 15 is 0 Å². The highest BCUT2D eigenvalue weighted by molar-refractivity contribution is 6.14. The molecule has 0 spiro atoms. The summed E-state index contributed by atoms with van der Waals surface area (Å²) in [7, 11) is 0. The van der Waals surface area contributed by atoms with Crippen LogP contribution in [0.4, 0.5) is 0 Å². The molecule has 0 bridgehead atoms. The van der Waals surface area contributed by atoms with Crippen molar-refractivity contribution in [2.24, 2.45) is 5.41 Å². The summed E-state index contributed by atoms with van der Waals surface area (Å²) < 4.78 is 8.99. The van der Waals surface area contributed by atoms with E-state index in [0.717, 1.165) is 6.08 Å². The molecule has 1 aromatic rings. The number of aliphatic hydroxyl groups is 6. The normalized spacial score (nSPS) is 11.4. The number of carbonyl (C=O) groups excluding carboxylic acids is 2. The largest absolute Gasteiger partial charge is 0.478 e. The van der Waals surface area contributed by atoms with E-state index in [4.69, 9.17) is 35.7 Å². The summed E-state index contributed by atoms with van der Waals surface area (Å²) in [5.74, 6) is -2.08. The molecule has 0 fully saturated rings. The van der Waals surface area contributed by atoms with Gasteiger partial charge < -0.3 is 45.2 Å². The van der Waals surface area contributed by atoms with Crippen molar-refractivity contribution in [3.8, 4) is 0 Å². The molecular weight excluding hydrogens is 432 g/mol. The van der Waals surface area contributed by atoms with Crippen molar-refractivity contribution in [3.05, 3.63) is 48.0 Å². The average Bonchev–Trinajstić information content (AvgIpc) is 3.11. The third kappa shape index (κ3) is 12.9. The number of hydrogen-bond donors (Lipinski definition) is 7. The van der Waals surface area contributed by atoms with Gasteiger partial charge in [-0.15, -0.1) is 0 Å². The van der Waals surface area contributed by atoms with Gasteiger partial charge in [-0.2, -0.15) is 0 Å².